The lowest BCUT2D eigenvalue weighted by Crippen LogP contribution is -2.18. The van der Waals surface area contributed by atoms with E-state index in [0.29, 0.717) is 39.9 Å². The Kier molecular flexibility index (Phi) is 7.44. The third-order valence-electron chi connectivity index (χ3n) is 6.01. The fraction of sp³-hybridized carbons (Fsp3) is 0.192. The summed E-state index contributed by atoms with van der Waals surface area (Å²) in [5, 5.41) is 11.8. The van der Waals surface area contributed by atoms with E-state index < -0.39 is 23.7 Å². The summed E-state index contributed by atoms with van der Waals surface area (Å²) in [5.41, 5.74) is 5.26. The van der Waals surface area contributed by atoms with Crippen LogP contribution in [0, 0.1) is 6.92 Å². The van der Waals surface area contributed by atoms with E-state index in [1.54, 1.807) is 42.1 Å². The summed E-state index contributed by atoms with van der Waals surface area (Å²) >= 11 is 6.62. The lowest BCUT2D eigenvalue weighted by atomic mass is 10.0. The van der Waals surface area contributed by atoms with Crippen molar-refractivity contribution < 1.29 is 27.5 Å². The highest BCUT2D eigenvalue weighted by molar-refractivity contribution is 7.21. The second kappa shape index (κ2) is 10.9. The Morgan fingerprint density at radius 3 is 2.59 bits per heavy atom. The molecule has 2 amide bonds. The molecule has 1 aromatic carbocycles. The van der Waals surface area contributed by atoms with Crippen molar-refractivity contribution in [2.45, 2.75) is 33.3 Å². The molecule has 5 aromatic rings. The maximum Gasteiger partial charge on any atom is 0.433 e. The monoisotopic (exact) mass is 603 g/mol. The number of aromatic nitrogens is 5. The predicted octanol–water partition coefficient (Wildman–Crippen LogP) is 5.74. The van der Waals surface area contributed by atoms with E-state index >= 15 is 0 Å². The van der Waals surface area contributed by atoms with Crippen LogP contribution in [0.1, 0.15) is 38.5 Å². The van der Waals surface area contributed by atoms with Crippen LogP contribution in [0.4, 0.5) is 18.9 Å². The minimum atomic E-state index is -4.77. The van der Waals surface area contributed by atoms with Gasteiger partial charge >= 0.3 is 6.18 Å². The van der Waals surface area contributed by atoms with Crippen molar-refractivity contribution in [1.82, 2.24) is 24.5 Å². The summed E-state index contributed by atoms with van der Waals surface area (Å²) in [7, 11) is 0. The third kappa shape index (κ3) is 5.74. The molecule has 0 atom stereocenters. The molecule has 10 nitrogen and oxygen atoms in total. The zero-order valence-corrected chi connectivity index (χ0v) is 23.1. The Bertz CT molecular complexity index is 1790. The Morgan fingerprint density at radius 2 is 1.93 bits per heavy atom. The van der Waals surface area contributed by atoms with E-state index in [4.69, 9.17) is 22.1 Å². The first-order valence-electron chi connectivity index (χ1n) is 12.1. The average Bonchev–Trinajstić information content (AvgIpc) is 3.63. The molecule has 212 valence electrons. The second-order valence-electron chi connectivity index (χ2n) is 8.81. The normalized spacial score (nSPS) is 11.7. The number of anilines is 1. The number of benzene rings is 1. The molecule has 0 aliphatic carbocycles. The smallest absolute Gasteiger partial charge is 0.433 e. The topological polar surface area (TPSA) is 130 Å². The van der Waals surface area contributed by atoms with Crippen LogP contribution in [0.2, 0.25) is 5.02 Å². The molecule has 15 heteroatoms. The lowest BCUT2D eigenvalue weighted by Gasteiger charge is -2.11. The van der Waals surface area contributed by atoms with Crippen molar-refractivity contribution in [2.24, 2.45) is 5.73 Å². The number of primary amides is 1. The van der Waals surface area contributed by atoms with Gasteiger partial charge in [0.1, 0.15) is 21.2 Å². The molecule has 0 radical (unpaired) electrons. The number of nitrogens with one attached hydrogen (secondary N) is 1. The molecule has 0 spiro atoms. The van der Waals surface area contributed by atoms with Gasteiger partial charge in [-0.25, -0.2) is 9.67 Å². The number of rotatable bonds is 8. The van der Waals surface area contributed by atoms with Crippen LogP contribution in [-0.4, -0.2) is 36.4 Å². The SMILES string of the molecule is CCn1cc(-c2cc(C(F)(F)F)nc3sc(C(N)=O)c(NC(=O)c4ccn(COc5cccc(Cl)c5)n4)c23)c(C)n1. The number of thiophene rings is 1. The molecule has 0 saturated carbocycles. The quantitative estimate of drug-likeness (QED) is 0.232. The molecule has 4 heterocycles. The summed E-state index contributed by atoms with van der Waals surface area (Å²) in [6, 6.07) is 9.04. The molecule has 0 unspecified atom stereocenters. The number of alkyl halides is 3. The summed E-state index contributed by atoms with van der Waals surface area (Å²) in [5.74, 6) is -1.17. The number of halogens is 4. The lowest BCUT2D eigenvalue weighted by molar-refractivity contribution is -0.140. The molecular formula is C26H21ClF3N7O3S. The van der Waals surface area contributed by atoms with Gasteiger partial charge in [-0.1, -0.05) is 17.7 Å². The number of hydrogen-bond acceptors (Lipinski definition) is 7. The highest BCUT2D eigenvalue weighted by Crippen LogP contribution is 2.44. The fourth-order valence-electron chi connectivity index (χ4n) is 4.12. The Hall–Kier alpha value is -4.43. The van der Waals surface area contributed by atoms with Gasteiger partial charge < -0.3 is 15.8 Å². The van der Waals surface area contributed by atoms with Crippen LogP contribution < -0.4 is 15.8 Å². The number of ether oxygens (including phenoxy) is 1. The van der Waals surface area contributed by atoms with Gasteiger partial charge in [0.2, 0.25) is 0 Å². The van der Waals surface area contributed by atoms with Crippen LogP contribution in [-0.2, 0) is 19.5 Å². The number of nitrogens with two attached hydrogens (primary N) is 1. The van der Waals surface area contributed by atoms with Gasteiger partial charge in [-0.3, -0.25) is 14.3 Å². The number of hydrogen-bond donors (Lipinski definition) is 2. The highest BCUT2D eigenvalue weighted by Gasteiger charge is 2.35. The number of carbonyl (C=O) groups is 2. The number of fused-ring (bicyclic) bond motifs is 1. The van der Waals surface area contributed by atoms with Crippen molar-refractivity contribution in [3.8, 4) is 16.9 Å². The van der Waals surface area contributed by atoms with Gasteiger partial charge in [-0.05, 0) is 49.7 Å². The number of pyridine rings is 1. The van der Waals surface area contributed by atoms with Crippen molar-refractivity contribution in [3.05, 3.63) is 75.8 Å². The Balaban J connectivity index is 1.54. The zero-order chi connectivity index (χ0) is 29.5. The molecule has 3 N–H and O–H groups in total. The maximum atomic E-state index is 13.8. The largest absolute Gasteiger partial charge is 0.471 e. The van der Waals surface area contributed by atoms with Gasteiger partial charge in [-0.15, -0.1) is 11.3 Å². The third-order valence-corrected chi connectivity index (χ3v) is 7.34. The number of nitrogens with zero attached hydrogens (tertiary/aromatic N) is 5. The first-order chi connectivity index (χ1) is 19.4. The van der Waals surface area contributed by atoms with Gasteiger partial charge in [-0.2, -0.15) is 23.4 Å². The molecule has 0 saturated heterocycles. The van der Waals surface area contributed by atoms with E-state index in [-0.39, 0.29) is 38.8 Å². The van der Waals surface area contributed by atoms with Crippen LogP contribution in [0.15, 0.2) is 48.8 Å². The molecule has 41 heavy (non-hydrogen) atoms. The second-order valence-corrected chi connectivity index (χ2v) is 10.2. The van der Waals surface area contributed by atoms with E-state index in [2.05, 4.69) is 20.5 Å². The summed E-state index contributed by atoms with van der Waals surface area (Å²) < 4.78 is 50.0. The Labute approximate surface area is 239 Å². The minimum absolute atomic E-state index is 0.0312. The highest BCUT2D eigenvalue weighted by atomic mass is 35.5. The van der Waals surface area contributed by atoms with Crippen molar-refractivity contribution >= 4 is 50.7 Å². The molecule has 0 fully saturated rings. The number of amides is 2. The molecule has 0 aliphatic heterocycles. The average molecular weight is 604 g/mol. The number of aryl methyl sites for hydroxylation is 2. The van der Waals surface area contributed by atoms with Crippen LogP contribution in [0.5, 0.6) is 5.75 Å². The predicted molar refractivity (Wildman–Crippen MR) is 147 cm³/mol. The molecule has 4 aromatic heterocycles. The van der Waals surface area contributed by atoms with Crippen molar-refractivity contribution in [3.63, 3.8) is 0 Å². The maximum absolute atomic E-state index is 13.8. The van der Waals surface area contributed by atoms with E-state index in [1.807, 2.05) is 6.92 Å². The Morgan fingerprint density at radius 1 is 1.15 bits per heavy atom. The standard InChI is InChI=1S/C26H21ClF3N7O3S/c1-3-36-11-17(13(2)34-36)16-10-19(26(28,29)30)32-25-20(16)21(22(41-25)23(31)38)33-24(39)18-7-8-37(35-18)12-40-15-6-4-5-14(27)9-15/h4-11H,3,12H2,1-2H3,(H2,31,38)(H,33,39). The van der Waals surface area contributed by atoms with Gasteiger partial charge in [0.05, 0.1) is 11.4 Å². The zero-order valence-electron chi connectivity index (χ0n) is 21.5. The minimum Gasteiger partial charge on any atom is -0.471 e. The van der Waals surface area contributed by atoms with Crippen LogP contribution in [0.25, 0.3) is 21.3 Å². The van der Waals surface area contributed by atoms with Crippen molar-refractivity contribution in [1.29, 1.82) is 0 Å². The van der Waals surface area contributed by atoms with E-state index in [1.165, 1.54) is 16.9 Å². The van der Waals surface area contributed by atoms with Crippen molar-refractivity contribution in [2.75, 3.05) is 5.32 Å². The van der Waals surface area contributed by atoms with Crippen LogP contribution in [0.3, 0.4) is 0 Å². The first-order valence-corrected chi connectivity index (χ1v) is 13.3. The van der Waals surface area contributed by atoms with Gasteiger partial charge in [0, 0.05) is 34.9 Å². The van der Waals surface area contributed by atoms with Gasteiger partial charge in [0.25, 0.3) is 11.8 Å². The summed E-state index contributed by atoms with van der Waals surface area (Å²) in [6.07, 6.45) is -1.66. The molecule has 5 rings (SSSR count). The first kappa shape index (κ1) is 28.1. The molecule has 0 aliphatic rings. The van der Waals surface area contributed by atoms with E-state index in [0.717, 1.165) is 6.07 Å². The van der Waals surface area contributed by atoms with Gasteiger partial charge in [0.15, 0.2) is 12.4 Å². The fourth-order valence-corrected chi connectivity index (χ4v) is 5.31. The number of carbonyl (C=O) groups excluding carboxylic acids is 2. The van der Waals surface area contributed by atoms with Crippen LogP contribution >= 0.6 is 22.9 Å². The summed E-state index contributed by atoms with van der Waals surface area (Å²) in [4.78, 5) is 29.1. The molecular weight excluding hydrogens is 583 g/mol. The summed E-state index contributed by atoms with van der Waals surface area (Å²) in [6.45, 7) is 3.93. The van der Waals surface area contributed by atoms with E-state index in [9.17, 15) is 22.8 Å². The molecule has 0 bridgehead atoms.